The first kappa shape index (κ1) is 23.2. The number of amides is 1. The lowest BCUT2D eigenvalue weighted by Gasteiger charge is -2.31. The van der Waals surface area contributed by atoms with E-state index >= 15 is 0 Å². The van der Waals surface area contributed by atoms with E-state index in [1.54, 1.807) is 13.0 Å². The maximum Gasteiger partial charge on any atom is 0.244 e. The van der Waals surface area contributed by atoms with Gasteiger partial charge in [0.05, 0.1) is 15.7 Å². The SMILES string of the molecule is Cc1ccccc1NC(=O)[C@@H]1CCCN(S(=O)(=O)c2cc(-c3noc(C4CCC4)n3)sc2C)C1. The summed E-state index contributed by atoms with van der Waals surface area (Å²) < 4.78 is 33.9. The molecular formula is C24H28N4O4S2. The fourth-order valence-corrected chi connectivity index (χ4v) is 7.46. The number of para-hydroxylation sites is 1. The van der Waals surface area contributed by atoms with E-state index in [9.17, 15) is 13.2 Å². The molecular weight excluding hydrogens is 472 g/mol. The van der Waals surface area contributed by atoms with Gasteiger partial charge in [-0.3, -0.25) is 4.79 Å². The minimum absolute atomic E-state index is 0.146. The van der Waals surface area contributed by atoms with E-state index in [1.165, 1.54) is 22.1 Å². The quantitative estimate of drug-likeness (QED) is 0.525. The highest BCUT2D eigenvalue weighted by molar-refractivity contribution is 7.89. The maximum absolute atomic E-state index is 13.5. The molecule has 1 aliphatic carbocycles. The highest BCUT2D eigenvalue weighted by Crippen LogP contribution is 2.38. The molecule has 0 unspecified atom stereocenters. The van der Waals surface area contributed by atoms with E-state index in [0.717, 1.165) is 24.1 Å². The molecule has 1 saturated carbocycles. The Morgan fingerprint density at radius 3 is 2.71 bits per heavy atom. The summed E-state index contributed by atoms with van der Waals surface area (Å²) in [6, 6.07) is 9.22. The van der Waals surface area contributed by atoms with Gasteiger partial charge in [-0.25, -0.2) is 8.42 Å². The number of rotatable bonds is 6. The Bertz CT molecular complexity index is 1310. The predicted molar refractivity (Wildman–Crippen MR) is 130 cm³/mol. The zero-order valence-electron chi connectivity index (χ0n) is 19.3. The van der Waals surface area contributed by atoms with E-state index in [-0.39, 0.29) is 17.3 Å². The summed E-state index contributed by atoms with van der Waals surface area (Å²) in [4.78, 5) is 19.0. The predicted octanol–water partition coefficient (Wildman–Crippen LogP) is 4.72. The zero-order valence-corrected chi connectivity index (χ0v) is 20.9. The number of aryl methyl sites for hydroxylation is 2. The van der Waals surface area contributed by atoms with E-state index in [2.05, 4.69) is 15.5 Å². The van der Waals surface area contributed by atoms with Crippen LogP contribution in [-0.2, 0) is 14.8 Å². The number of thiophene rings is 1. The Morgan fingerprint density at radius 2 is 1.97 bits per heavy atom. The zero-order chi connectivity index (χ0) is 23.9. The van der Waals surface area contributed by atoms with E-state index in [0.29, 0.717) is 46.8 Å². The van der Waals surface area contributed by atoms with Crippen molar-refractivity contribution in [3.8, 4) is 10.7 Å². The molecule has 2 fully saturated rings. The minimum Gasteiger partial charge on any atom is -0.339 e. The van der Waals surface area contributed by atoms with Crippen molar-refractivity contribution < 1.29 is 17.7 Å². The molecule has 2 aliphatic rings. The molecule has 180 valence electrons. The first-order chi connectivity index (χ1) is 16.3. The molecule has 3 heterocycles. The van der Waals surface area contributed by atoms with Crippen molar-refractivity contribution in [3.05, 3.63) is 46.7 Å². The monoisotopic (exact) mass is 500 g/mol. The third kappa shape index (κ3) is 4.42. The normalized spacial score (nSPS) is 19.6. The van der Waals surface area contributed by atoms with Crippen LogP contribution in [0.3, 0.4) is 0 Å². The van der Waals surface area contributed by atoms with Gasteiger partial charge < -0.3 is 9.84 Å². The molecule has 1 N–H and O–H groups in total. The van der Waals surface area contributed by atoms with Gasteiger partial charge in [0.1, 0.15) is 0 Å². The average Bonchev–Trinajstić information content (AvgIpc) is 3.41. The minimum atomic E-state index is -3.75. The first-order valence-electron chi connectivity index (χ1n) is 11.6. The molecule has 34 heavy (non-hydrogen) atoms. The smallest absolute Gasteiger partial charge is 0.244 e. The second-order valence-electron chi connectivity index (χ2n) is 9.12. The fourth-order valence-electron chi connectivity index (χ4n) is 4.45. The van der Waals surface area contributed by atoms with Crippen LogP contribution in [0.2, 0.25) is 0 Å². The largest absolute Gasteiger partial charge is 0.339 e. The molecule has 1 aliphatic heterocycles. The number of carbonyl (C=O) groups excluding carboxylic acids is 1. The van der Waals surface area contributed by atoms with Crippen molar-refractivity contribution in [1.82, 2.24) is 14.4 Å². The number of piperidine rings is 1. The van der Waals surface area contributed by atoms with Gasteiger partial charge in [0.2, 0.25) is 27.6 Å². The van der Waals surface area contributed by atoms with Crippen molar-refractivity contribution >= 4 is 33.0 Å². The number of benzene rings is 1. The number of hydrogen-bond donors (Lipinski definition) is 1. The Labute approximate surface area is 203 Å². The van der Waals surface area contributed by atoms with Gasteiger partial charge in [0, 0.05) is 29.6 Å². The van der Waals surface area contributed by atoms with Crippen LogP contribution in [0.25, 0.3) is 10.7 Å². The lowest BCUT2D eigenvalue weighted by atomic mass is 9.85. The molecule has 3 aromatic rings. The van der Waals surface area contributed by atoms with Crippen LogP contribution in [0.5, 0.6) is 0 Å². The lowest BCUT2D eigenvalue weighted by molar-refractivity contribution is -0.120. The van der Waals surface area contributed by atoms with Crippen LogP contribution in [0.4, 0.5) is 5.69 Å². The summed E-state index contributed by atoms with van der Waals surface area (Å²) in [7, 11) is -3.75. The average molecular weight is 501 g/mol. The molecule has 0 bridgehead atoms. The first-order valence-corrected chi connectivity index (χ1v) is 13.9. The van der Waals surface area contributed by atoms with Crippen molar-refractivity contribution in [1.29, 1.82) is 0 Å². The molecule has 1 atom stereocenters. The van der Waals surface area contributed by atoms with Crippen LogP contribution in [0.1, 0.15) is 54.4 Å². The van der Waals surface area contributed by atoms with Crippen LogP contribution in [-0.4, -0.2) is 41.9 Å². The molecule has 10 heteroatoms. The van der Waals surface area contributed by atoms with Crippen molar-refractivity contribution in [2.45, 2.75) is 56.8 Å². The number of carbonyl (C=O) groups is 1. The molecule has 1 aromatic carbocycles. The Balaban J connectivity index is 1.32. The highest BCUT2D eigenvalue weighted by Gasteiger charge is 2.35. The van der Waals surface area contributed by atoms with Crippen molar-refractivity contribution in [2.24, 2.45) is 5.92 Å². The Kier molecular flexibility index (Phi) is 6.30. The fraction of sp³-hybridized carbons (Fsp3) is 0.458. The van der Waals surface area contributed by atoms with Gasteiger partial charge >= 0.3 is 0 Å². The molecule has 0 radical (unpaired) electrons. The molecule has 1 amide bonds. The third-order valence-electron chi connectivity index (χ3n) is 6.76. The van der Waals surface area contributed by atoms with E-state index in [4.69, 9.17) is 4.52 Å². The summed E-state index contributed by atoms with van der Waals surface area (Å²) in [6.07, 6.45) is 4.57. The number of sulfonamides is 1. The second kappa shape index (κ2) is 9.24. The standard InChI is InChI=1S/C24H28N4O4S2/c1-15-7-3-4-11-19(15)25-23(29)18-10-6-12-28(14-18)34(30,31)21-13-20(33-16(21)2)22-26-24(32-27-22)17-8-5-9-17/h3-4,7,11,13,17-18H,5-6,8-10,12,14H2,1-2H3,(H,25,29)/t18-/m1/s1. The number of nitrogens with one attached hydrogen (secondary N) is 1. The summed E-state index contributed by atoms with van der Waals surface area (Å²) in [6.45, 7) is 4.29. The summed E-state index contributed by atoms with van der Waals surface area (Å²) in [5.74, 6) is 0.846. The van der Waals surface area contributed by atoms with Gasteiger partial charge in [-0.05, 0) is 57.2 Å². The van der Waals surface area contributed by atoms with Crippen LogP contribution in [0.15, 0.2) is 39.8 Å². The van der Waals surface area contributed by atoms with Crippen LogP contribution < -0.4 is 5.32 Å². The molecule has 1 saturated heterocycles. The number of anilines is 1. The summed E-state index contributed by atoms with van der Waals surface area (Å²) >= 11 is 1.35. The van der Waals surface area contributed by atoms with Gasteiger partial charge in [-0.15, -0.1) is 11.3 Å². The Morgan fingerprint density at radius 1 is 1.18 bits per heavy atom. The van der Waals surface area contributed by atoms with E-state index < -0.39 is 15.9 Å². The van der Waals surface area contributed by atoms with E-state index in [1.807, 2.05) is 31.2 Å². The maximum atomic E-state index is 13.5. The van der Waals surface area contributed by atoms with Gasteiger partial charge in [-0.2, -0.15) is 9.29 Å². The second-order valence-corrected chi connectivity index (χ2v) is 12.3. The van der Waals surface area contributed by atoms with Gasteiger partial charge in [0.15, 0.2) is 0 Å². The lowest BCUT2D eigenvalue weighted by Crippen LogP contribution is -2.43. The number of hydrogen-bond acceptors (Lipinski definition) is 7. The van der Waals surface area contributed by atoms with Crippen molar-refractivity contribution in [2.75, 3.05) is 18.4 Å². The summed E-state index contributed by atoms with van der Waals surface area (Å²) in [5, 5.41) is 7.05. The van der Waals surface area contributed by atoms with Gasteiger partial charge in [0.25, 0.3) is 0 Å². The van der Waals surface area contributed by atoms with Gasteiger partial charge in [-0.1, -0.05) is 29.8 Å². The third-order valence-corrected chi connectivity index (χ3v) is 9.93. The number of nitrogens with zero attached hydrogens (tertiary/aromatic N) is 3. The molecule has 5 rings (SSSR count). The highest BCUT2D eigenvalue weighted by atomic mass is 32.2. The molecule has 0 spiro atoms. The number of aromatic nitrogens is 2. The molecule has 8 nitrogen and oxygen atoms in total. The van der Waals surface area contributed by atoms with Crippen molar-refractivity contribution in [3.63, 3.8) is 0 Å². The Hall–Kier alpha value is -2.56. The van der Waals surface area contributed by atoms with Crippen LogP contribution in [0, 0.1) is 19.8 Å². The molecule has 2 aromatic heterocycles. The summed E-state index contributed by atoms with van der Waals surface area (Å²) in [5.41, 5.74) is 1.73. The topological polar surface area (TPSA) is 105 Å². The van der Waals surface area contributed by atoms with Crippen LogP contribution >= 0.6 is 11.3 Å².